The van der Waals surface area contributed by atoms with Gasteiger partial charge in [0.15, 0.2) is 0 Å². The Bertz CT molecular complexity index is 2790. The first kappa shape index (κ1) is 27.4. The van der Waals surface area contributed by atoms with Crippen LogP contribution in [0.3, 0.4) is 0 Å². The average molecular weight is 612 g/mol. The van der Waals surface area contributed by atoms with E-state index in [0.29, 0.717) is 16.9 Å². The molecule has 0 spiro atoms. The number of nitrogens with zero attached hydrogens (tertiary/aromatic N) is 5. The Morgan fingerprint density at radius 1 is 0.542 bits per heavy atom. The quantitative estimate of drug-likeness (QED) is 0.186. The van der Waals surface area contributed by atoms with E-state index in [9.17, 15) is 5.26 Å². The van der Waals surface area contributed by atoms with Crippen molar-refractivity contribution in [1.29, 1.82) is 5.26 Å². The Morgan fingerprint density at radius 3 is 1.81 bits per heavy atom. The van der Waals surface area contributed by atoms with E-state index in [0.717, 1.165) is 66.3 Å². The summed E-state index contributed by atoms with van der Waals surface area (Å²) in [5.74, 6) is 0. The summed E-state index contributed by atoms with van der Waals surface area (Å²) in [5.41, 5.74) is 10.5. The lowest BCUT2D eigenvalue weighted by atomic mass is 9.98. The fourth-order valence-corrected chi connectivity index (χ4v) is 7.08. The minimum absolute atomic E-state index is 0.326. The maximum Gasteiger partial charge on any atom is 0.211 e. The number of hydrogen-bond donors (Lipinski definition) is 0. The predicted molar refractivity (Wildman–Crippen MR) is 195 cm³/mol. The number of rotatable bonds is 4. The molecular weight excluding hydrogens is 587 g/mol. The highest BCUT2D eigenvalue weighted by Crippen LogP contribution is 2.42. The number of pyridine rings is 1. The predicted octanol–water partition coefficient (Wildman–Crippen LogP) is 11.0. The Morgan fingerprint density at radius 2 is 1.15 bits per heavy atom. The zero-order chi connectivity index (χ0) is 32.2. The molecule has 0 unspecified atom stereocenters. The summed E-state index contributed by atoms with van der Waals surface area (Å²) in [6, 6.07) is 52.1. The van der Waals surface area contributed by atoms with E-state index in [2.05, 4.69) is 104 Å². The highest BCUT2D eigenvalue weighted by atomic mass is 15.0. The van der Waals surface area contributed by atoms with Gasteiger partial charge in [-0.25, -0.2) is 9.83 Å². The molecule has 0 bridgehead atoms. The van der Waals surface area contributed by atoms with Gasteiger partial charge in [-0.1, -0.05) is 91.0 Å². The van der Waals surface area contributed by atoms with E-state index in [1.54, 1.807) is 6.20 Å². The van der Waals surface area contributed by atoms with Crippen molar-refractivity contribution in [2.45, 2.75) is 0 Å². The maximum atomic E-state index is 9.97. The molecule has 3 aromatic heterocycles. The summed E-state index contributed by atoms with van der Waals surface area (Å²) >= 11 is 0. The minimum Gasteiger partial charge on any atom is -0.319 e. The minimum atomic E-state index is 0.326. The van der Waals surface area contributed by atoms with E-state index >= 15 is 0 Å². The molecule has 0 N–H and O–H groups in total. The van der Waals surface area contributed by atoms with Crippen LogP contribution in [0.1, 0.15) is 5.69 Å². The Labute approximate surface area is 276 Å². The van der Waals surface area contributed by atoms with E-state index < -0.39 is 0 Å². The zero-order valence-electron chi connectivity index (χ0n) is 25.7. The smallest absolute Gasteiger partial charge is 0.211 e. The van der Waals surface area contributed by atoms with E-state index in [-0.39, 0.29) is 0 Å². The van der Waals surface area contributed by atoms with Gasteiger partial charge < -0.3 is 9.13 Å². The number of para-hydroxylation sites is 3. The molecule has 0 aliphatic heterocycles. The van der Waals surface area contributed by atoms with Gasteiger partial charge in [0.05, 0.1) is 34.3 Å². The third kappa shape index (κ3) is 4.13. The van der Waals surface area contributed by atoms with Gasteiger partial charge in [0.25, 0.3) is 0 Å². The maximum absolute atomic E-state index is 9.97. The average Bonchev–Trinajstić information content (AvgIpc) is 3.66. The monoisotopic (exact) mass is 611 g/mol. The molecule has 0 aliphatic rings. The van der Waals surface area contributed by atoms with Crippen LogP contribution >= 0.6 is 0 Å². The molecule has 0 radical (unpaired) electrons. The molecule has 3 heterocycles. The second kappa shape index (κ2) is 10.8. The molecule has 0 amide bonds. The molecule has 6 aromatic carbocycles. The number of benzene rings is 6. The van der Waals surface area contributed by atoms with Crippen LogP contribution < -0.4 is 0 Å². The van der Waals surface area contributed by atoms with Crippen LogP contribution in [0, 0.1) is 17.9 Å². The molecule has 0 fully saturated rings. The molecule has 9 aromatic rings. The van der Waals surface area contributed by atoms with Crippen molar-refractivity contribution in [3.8, 4) is 39.7 Å². The van der Waals surface area contributed by atoms with Crippen LogP contribution in [0.4, 0.5) is 5.69 Å². The van der Waals surface area contributed by atoms with Crippen molar-refractivity contribution >= 4 is 49.3 Å². The highest BCUT2D eigenvalue weighted by Gasteiger charge is 2.20. The first-order valence-electron chi connectivity index (χ1n) is 15.7. The summed E-state index contributed by atoms with van der Waals surface area (Å²) < 4.78 is 4.54. The van der Waals surface area contributed by atoms with Crippen molar-refractivity contribution < 1.29 is 0 Å². The standard InChI is InChI=1S/C43H25N5/c1-45-37-23-29(34-22-30(27-46-38(34)26-44)28-12-4-2-5-13-28)20-21-41(37)48-40-19-11-9-17-33(40)36-24-42-35(25-43(36)48)32-16-8-10-18-39(32)47(42)31-14-6-3-7-15-31/h2-25,27H. The zero-order valence-corrected chi connectivity index (χ0v) is 25.7. The number of hydrogen-bond acceptors (Lipinski definition) is 2. The van der Waals surface area contributed by atoms with Gasteiger partial charge in [-0.15, -0.1) is 0 Å². The molecule has 0 atom stereocenters. The summed E-state index contributed by atoms with van der Waals surface area (Å²) in [6.07, 6.45) is 1.73. The van der Waals surface area contributed by atoms with Crippen LogP contribution in [0.2, 0.25) is 0 Å². The fraction of sp³-hybridized carbons (Fsp3) is 0. The number of fused-ring (bicyclic) bond motifs is 6. The van der Waals surface area contributed by atoms with Crippen LogP contribution in [0.25, 0.3) is 82.1 Å². The van der Waals surface area contributed by atoms with E-state index in [1.165, 1.54) is 5.39 Å². The Kier molecular flexibility index (Phi) is 6.18. The number of aromatic nitrogens is 3. The lowest BCUT2D eigenvalue weighted by Crippen LogP contribution is -1.96. The van der Waals surface area contributed by atoms with Crippen molar-refractivity contribution in [3.63, 3.8) is 0 Å². The largest absolute Gasteiger partial charge is 0.319 e. The van der Waals surface area contributed by atoms with Gasteiger partial charge in [-0.05, 0) is 65.7 Å². The highest BCUT2D eigenvalue weighted by molar-refractivity contribution is 6.19. The van der Waals surface area contributed by atoms with Gasteiger partial charge in [-0.2, -0.15) is 5.26 Å². The first-order valence-corrected chi connectivity index (χ1v) is 15.7. The summed E-state index contributed by atoms with van der Waals surface area (Å²) in [5, 5.41) is 14.5. The summed E-state index contributed by atoms with van der Waals surface area (Å²) in [7, 11) is 0. The number of nitriles is 1. The lowest BCUT2D eigenvalue weighted by molar-refractivity contribution is 1.18. The third-order valence-corrected chi connectivity index (χ3v) is 9.23. The SMILES string of the molecule is [C-]#[N+]c1cc(-c2cc(-c3ccccc3)cnc2C#N)ccc1-n1c2ccccc2c2cc3c(cc21)c1ccccc1n3-c1ccccc1. The molecule has 48 heavy (non-hydrogen) atoms. The summed E-state index contributed by atoms with van der Waals surface area (Å²) in [4.78, 5) is 8.53. The summed E-state index contributed by atoms with van der Waals surface area (Å²) in [6.45, 7) is 8.30. The Balaban J connectivity index is 1.30. The molecular formula is C43H25N5. The molecule has 5 heteroatoms. The van der Waals surface area contributed by atoms with Crippen molar-refractivity contribution in [1.82, 2.24) is 14.1 Å². The van der Waals surface area contributed by atoms with Gasteiger partial charge in [0.2, 0.25) is 5.69 Å². The topological polar surface area (TPSA) is 50.9 Å². The normalized spacial score (nSPS) is 11.3. The van der Waals surface area contributed by atoms with Crippen LogP contribution in [0.5, 0.6) is 0 Å². The van der Waals surface area contributed by atoms with Crippen molar-refractivity contribution in [3.05, 3.63) is 169 Å². The molecule has 5 nitrogen and oxygen atoms in total. The molecule has 0 aliphatic carbocycles. The molecule has 9 rings (SSSR count). The lowest BCUT2D eigenvalue weighted by Gasteiger charge is -2.13. The van der Waals surface area contributed by atoms with Gasteiger partial charge >= 0.3 is 0 Å². The van der Waals surface area contributed by atoms with Gasteiger partial charge in [0, 0.05) is 44.6 Å². The molecule has 0 saturated heterocycles. The van der Waals surface area contributed by atoms with E-state index in [4.69, 9.17) is 6.57 Å². The third-order valence-electron chi connectivity index (χ3n) is 9.23. The van der Waals surface area contributed by atoms with Gasteiger partial charge in [-0.3, -0.25) is 0 Å². The Hall–Kier alpha value is -6.95. The van der Waals surface area contributed by atoms with Crippen molar-refractivity contribution in [2.24, 2.45) is 0 Å². The second-order valence-corrected chi connectivity index (χ2v) is 11.8. The second-order valence-electron chi connectivity index (χ2n) is 11.8. The van der Waals surface area contributed by atoms with Crippen LogP contribution in [0.15, 0.2) is 152 Å². The molecule has 222 valence electrons. The fourth-order valence-electron chi connectivity index (χ4n) is 7.08. The van der Waals surface area contributed by atoms with Crippen molar-refractivity contribution in [2.75, 3.05) is 0 Å². The molecule has 0 saturated carbocycles. The van der Waals surface area contributed by atoms with Gasteiger partial charge in [0.1, 0.15) is 11.8 Å². The van der Waals surface area contributed by atoms with Crippen LogP contribution in [-0.2, 0) is 0 Å². The van der Waals surface area contributed by atoms with E-state index in [1.807, 2.05) is 66.7 Å². The van der Waals surface area contributed by atoms with Crippen LogP contribution in [-0.4, -0.2) is 14.1 Å². The first-order chi connectivity index (χ1) is 23.7.